The monoisotopic (exact) mass is 323 g/mol. The number of amides is 1. The molecule has 0 bridgehead atoms. The summed E-state index contributed by atoms with van der Waals surface area (Å²) in [6.45, 7) is 3.43. The fraction of sp³-hybridized carbons (Fsp3) is 0.562. The van der Waals surface area contributed by atoms with Crippen LogP contribution in [0.4, 0.5) is 5.69 Å². The van der Waals surface area contributed by atoms with Gasteiger partial charge in [-0.15, -0.1) is 0 Å². The van der Waals surface area contributed by atoms with Crippen molar-refractivity contribution in [1.29, 1.82) is 0 Å². The number of hydrogen-bond acceptors (Lipinski definition) is 5. The van der Waals surface area contributed by atoms with Gasteiger partial charge < -0.3 is 15.8 Å². The molecule has 1 aliphatic heterocycles. The van der Waals surface area contributed by atoms with E-state index in [4.69, 9.17) is 10.5 Å². The smallest absolute Gasteiger partial charge is 0.227 e. The van der Waals surface area contributed by atoms with Gasteiger partial charge in [0.25, 0.3) is 0 Å². The van der Waals surface area contributed by atoms with Crippen molar-refractivity contribution in [3.8, 4) is 0 Å². The van der Waals surface area contributed by atoms with Crippen LogP contribution in [0.3, 0.4) is 0 Å². The molecule has 1 atom stereocenters. The molecule has 1 amide bonds. The van der Waals surface area contributed by atoms with E-state index < -0.39 is 0 Å². The highest BCUT2D eigenvalue weighted by Gasteiger charge is 2.15. The number of nitrogens with two attached hydrogens (primary N) is 1. The SMILES string of the molecule is COC(CN)CC(=O)Nc1ccccc1CN1CCSCC1. The molecule has 3 N–H and O–H groups in total. The van der Waals surface area contributed by atoms with Crippen molar-refractivity contribution < 1.29 is 9.53 Å². The van der Waals surface area contributed by atoms with Crippen LogP contribution in [-0.4, -0.2) is 55.2 Å². The third kappa shape index (κ3) is 5.28. The van der Waals surface area contributed by atoms with Gasteiger partial charge in [-0.2, -0.15) is 11.8 Å². The number of benzene rings is 1. The average molecular weight is 323 g/mol. The van der Waals surface area contributed by atoms with Crippen LogP contribution in [0.5, 0.6) is 0 Å². The maximum absolute atomic E-state index is 12.1. The zero-order chi connectivity index (χ0) is 15.8. The van der Waals surface area contributed by atoms with Crippen molar-refractivity contribution in [3.63, 3.8) is 0 Å². The molecule has 0 saturated carbocycles. The lowest BCUT2D eigenvalue weighted by molar-refractivity contribution is -0.118. The molecule has 5 nitrogen and oxygen atoms in total. The van der Waals surface area contributed by atoms with E-state index in [2.05, 4.69) is 16.3 Å². The molecule has 1 heterocycles. The Bertz CT molecular complexity index is 474. The first-order valence-electron chi connectivity index (χ1n) is 7.63. The standard InChI is InChI=1S/C16H25N3O2S/c1-21-14(11-17)10-16(20)18-15-5-3-2-4-13(15)12-19-6-8-22-9-7-19/h2-5,14H,6-12,17H2,1H3,(H,18,20). The van der Waals surface area contributed by atoms with Crippen molar-refractivity contribution in [3.05, 3.63) is 29.8 Å². The molecule has 1 fully saturated rings. The topological polar surface area (TPSA) is 67.6 Å². The molecule has 22 heavy (non-hydrogen) atoms. The molecule has 0 spiro atoms. The lowest BCUT2D eigenvalue weighted by atomic mass is 10.1. The number of nitrogens with one attached hydrogen (secondary N) is 1. The predicted octanol–water partition coefficient (Wildman–Crippen LogP) is 1.54. The number of anilines is 1. The number of thioether (sulfide) groups is 1. The van der Waals surface area contributed by atoms with Crippen molar-refractivity contribution in [2.75, 3.05) is 43.6 Å². The molecular formula is C16H25N3O2S. The van der Waals surface area contributed by atoms with Gasteiger partial charge in [0.1, 0.15) is 0 Å². The Morgan fingerprint density at radius 3 is 2.82 bits per heavy atom. The van der Waals surface area contributed by atoms with E-state index in [1.54, 1.807) is 7.11 Å². The molecule has 1 aliphatic rings. The van der Waals surface area contributed by atoms with E-state index in [9.17, 15) is 4.79 Å². The minimum atomic E-state index is -0.230. The number of methoxy groups -OCH3 is 1. The zero-order valence-corrected chi connectivity index (χ0v) is 13.9. The molecule has 122 valence electrons. The van der Waals surface area contributed by atoms with Crippen LogP contribution in [0.1, 0.15) is 12.0 Å². The maximum atomic E-state index is 12.1. The predicted molar refractivity (Wildman–Crippen MR) is 92.1 cm³/mol. The third-order valence-corrected chi connectivity index (χ3v) is 4.74. The first-order valence-corrected chi connectivity index (χ1v) is 8.79. The van der Waals surface area contributed by atoms with E-state index in [1.807, 2.05) is 30.0 Å². The second kappa shape index (κ2) is 9.15. The summed E-state index contributed by atoms with van der Waals surface area (Å²) >= 11 is 2.00. The first-order chi connectivity index (χ1) is 10.7. The molecule has 0 radical (unpaired) electrons. The Hall–Kier alpha value is -1.08. The van der Waals surface area contributed by atoms with Crippen molar-refractivity contribution in [2.45, 2.75) is 19.1 Å². The summed E-state index contributed by atoms with van der Waals surface area (Å²) in [5.41, 5.74) is 7.61. The van der Waals surface area contributed by atoms with Gasteiger partial charge in [-0.25, -0.2) is 0 Å². The normalized spacial score (nSPS) is 17.2. The highest BCUT2D eigenvalue weighted by atomic mass is 32.2. The van der Waals surface area contributed by atoms with Gasteiger partial charge in [0.05, 0.1) is 12.5 Å². The quantitative estimate of drug-likeness (QED) is 0.797. The van der Waals surface area contributed by atoms with Crippen LogP contribution in [-0.2, 0) is 16.1 Å². The van der Waals surface area contributed by atoms with Crippen LogP contribution in [0.25, 0.3) is 0 Å². The lowest BCUT2D eigenvalue weighted by Gasteiger charge is -2.27. The van der Waals surface area contributed by atoms with Gasteiger partial charge >= 0.3 is 0 Å². The van der Waals surface area contributed by atoms with Gasteiger partial charge in [0.15, 0.2) is 0 Å². The Balaban J connectivity index is 1.96. The zero-order valence-electron chi connectivity index (χ0n) is 13.1. The summed E-state index contributed by atoms with van der Waals surface area (Å²) in [6.07, 6.45) is 0.0492. The van der Waals surface area contributed by atoms with Gasteiger partial charge in [0, 0.05) is 50.5 Å². The number of hydrogen-bond donors (Lipinski definition) is 2. The highest BCUT2D eigenvalue weighted by molar-refractivity contribution is 7.99. The first kappa shape index (κ1) is 17.3. The largest absolute Gasteiger partial charge is 0.380 e. The summed E-state index contributed by atoms with van der Waals surface area (Å²) in [4.78, 5) is 14.6. The van der Waals surface area contributed by atoms with E-state index in [0.29, 0.717) is 6.54 Å². The van der Waals surface area contributed by atoms with Crippen LogP contribution < -0.4 is 11.1 Å². The lowest BCUT2D eigenvalue weighted by Crippen LogP contribution is -2.32. The summed E-state index contributed by atoms with van der Waals surface area (Å²) in [6, 6.07) is 7.99. The van der Waals surface area contributed by atoms with Gasteiger partial charge in [0.2, 0.25) is 5.91 Å². The molecule has 1 saturated heterocycles. The minimum absolute atomic E-state index is 0.0565. The number of carbonyl (C=O) groups is 1. The van der Waals surface area contributed by atoms with Crippen LogP contribution >= 0.6 is 11.8 Å². The summed E-state index contributed by atoms with van der Waals surface area (Å²) < 4.78 is 5.16. The Kier molecular flexibility index (Phi) is 7.18. The van der Waals surface area contributed by atoms with Crippen molar-refractivity contribution in [2.24, 2.45) is 5.73 Å². The Labute approximate surface area is 136 Å². The molecule has 1 unspecified atom stereocenters. The fourth-order valence-corrected chi connectivity index (χ4v) is 3.43. The molecule has 1 aromatic rings. The van der Waals surface area contributed by atoms with E-state index in [0.717, 1.165) is 30.9 Å². The number of ether oxygens (including phenoxy) is 1. The molecule has 6 heteroatoms. The van der Waals surface area contributed by atoms with Crippen molar-refractivity contribution >= 4 is 23.4 Å². The molecule has 0 aliphatic carbocycles. The van der Waals surface area contributed by atoms with Gasteiger partial charge in [-0.3, -0.25) is 9.69 Å². The van der Waals surface area contributed by atoms with Crippen LogP contribution in [0.2, 0.25) is 0 Å². The van der Waals surface area contributed by atoms with Crippen molar-refractivity contribution in [1.82, 2.24) is 4.90 Å². The second-order valence-corrected chi connectivity index (χ2v) is 6.62. The highest BCUT2D eigenvalue weighted by Crippen LogP contribution is 2.20. The summed E-state index contributed by atoms with van der Waals surface area (Å²) in [7, 11) is 1.58. The fourth-order valence-electron chi connectivity index (χ4n) is 2.45. The minimum Gasteiger partial charge on any atom is -0.380 e. The van der Waals surface area contributed by atoms with E-state index in [1.165, 1.54) is 11.5 Å². The molecule has 1 aromatic carbocycles. The number of rotatable bonds is 7. The van der Waals surface area contributed by atoms with Gasteiger partial charge in [-0.1, -0.05) is 18.2 Å². The second-order valence-electron chi connectivity index (χ2n) is 5.39. The van der Waals surface area contributed by atoms with Crippen LogP contribution in [0, 0.1) is 0 Å². The number of nitrogens with zero attached hydrogens (tertiary/aromatic N) is 1. The average Bonchev–Trinajstić information content (AvgIpc) is 2.55. The third-order valence-electron chi connectivity index (χ3n) is 3.80. The number of carbonyl (C=O) groups excluding carboxylic acids is 1. The molecule has 0 aromatic heterocycles. The Morgan fingerprint density at radius 2 is 2.14 bits per heavy atom. The van der Waals surface area contributed by atoms with Crippen LogP contribution in [0.15, 0.2) is 24.3 Å². The van der Waals surface area contributed by atoms with E-state index >= 15 is 0 Å². The van der Waals surface area contributed by atoms with Gasteiger partial charge in [-0.05, 0) is 11.6 Å². The molecule has 2 rings (SSSR count). The Morgan fingerprint density at radius 1 is 1.41 bits per heavy atom. The molecular weight excluding hydrogens is 298 g/mol. The summed E-state index contributed by atoms with van der Waals surface area (Å²) in [5.74, 6) is 2.31. The van der Waals surface area contributed by atoms with E-state index in [-0.39, 0.29) is 18.4 Å². The maximum Gasteiger partial charge on any atom is 0.227 e. The summed E-state index contributed by atoms with van der Waals surface area (Å²) in [5, 5.41) is 2.99. The number of para-hydroxylation sites is 1.